The highest BCUT2D eigenvalue weighted by Gasteiger charge is 2.32. The number of likely N-dealkylation sites (N-methyl/N-ethyl adjacent to an activating group) is 1. The largest absolute Gasteiger partial charge is 0.368 e. The predicted molar refractivity (Wildman–Crippen MR) is 72.3 cm³/mol. The molecule has 0 saturated heterocycles. The number of aromatic nitrogens is 3. The smallest absolute Gasteiger partial charge is 0.237 e. The van der Waals surface area contributed by atoms with Gasteiger partial charge in [-0.2, -0.15) is 0 Å². The molecule has 6 nitrogen and oxygen atoms in total. The fourth-order valence-corrected chi connectivity index (χ4v) is 2.89. The van der Waals surface area contributed by atoms with Crippen LogP contribution in [0.2, 0.25) is 0 Å². The quantitative estimate of drug-likeness (QED) is 0.638. The molecule has 1 heterocycles. The zero-order valence-corrected chi connectivity index (χ0v) is 12.1. The summed E-state index contributed by atoms with van der Waals surface area (Å²) in [6.07, 6.45) is 0.633. The number of nitrogens with one attached hydrogen (secondary N) is 2. The summed E-state index contributed by atoms with van der Waals surface area (Å²) in [6, 6.07) is 0. The zero-order chi connectivity index (χ0) is 13.8. The Balaban J connectivity index is 2.61. The van der Waals surface area contributed by atoms with Gasteiger partial charge in [0.25, 0.3) is 0 Å². The molecule has 18 heavy (non-hydrogen) atoms. The van der Waals surface area contributed by atoms with Gasteiger partial charge in [-0.05, 0) is 26.8 Å². The van der Waals surface area contributed by atoms with Crippen molar-refractivity contribution in [3.63, 3.8) is 0 Å². The van der Waals surface area contributed by atoms with E-state index < -0.39 is 5.54 Å². The van der Waals surface area contributed by atoms with Crippen molar-refractivity contribution in [2.45, 2.75) is 50.1 Å². The Labute approximate surface area is 112 Å². The number of carbonyl (C=O) groups excluding carboxylic acids is 1. The number of H-pyrrole nitrogens is 1. The highest BCUT2D eigenvalue weighted by Crippen LogP contribution is 2.26. The van der Waals surface area contributed by atoms with Crippen LogP contribution in [0.3, 0.4) is 0 Å². The summed E-state index contributed by atoms with van der Waals surface area (Å²) in [7, 11) is 0. The monoisotopic (exact) mass is 271 g/mol. The lowest BCUT2D eigenvalue weighted by Gasteiger charge is -2.29. The molecule has 2 unspecified atom stereocenters. The van der Waals surface area contributed by atoms with E-state index in [4.69, 9.17) is 5.73 Å². The van der Waals surface area contributed by atoms with Crippen molar-refractivity contribution >= 4 is 17.7 Å². The number of hydrogen-bond donors (Lipinski definition) is 3. The molecule has 0 aliphatic heterocycles. The number of nitrogens with two attached hydrogens (primary N) is 1. The number of aromatic amines is 1. The van der Waals surface area contributed by atoms with E-state index in [2.05, 4.69) is 20.5 Å². The van der Waals surface area contributed by atoms with Crippen LogP contribution < -0.4 is 11.1 Å². The van der Waals surface area contributed by atoms with Crippen LogP contribution in [0.5, 0.6) is 0 Å². The molecule has 1 rings (SSSR count). The van der Waals surface area contributed by atoms with Gasteiger partial charge in [0, 0.05) is 5.25 Å². The number of carbonyl (C=O) groups is 1. The third kappa shape index (κ3) is 3.99. The van der Waals surface area contributed by atoms with Gasteiger partial charge in [0.15, 0.2) is 0 Å². The molecule has 0 saturated carbocycles. The van der Waals surface area contributed by atoms with E-state index in [-0.39, 0.29) is 11.2 Å². The summed E-state index contributed by atoms with van der Waals surface area (Å²) in [5, 5.41) is 10.9. The minimum absolute atomic E-state index is 0.191. The normalized spacial score (nSPS) is 16.2. The molecule has 0 spiro atoms. The highest BCUT2D eigenvalue weighted by atomic mass is 32.2. The van der Waals surface area contributed by atoms with Gasteiger partial charge in [-0.1, -0.05) is 25.6 Å². The number of hydrogen-bond acceptors (Lipinski definition) is 5. The molecule has 1 amide bonds. The second-order valence-corrected chi connectivity index (χ2v) is 5.97. The van der Waals surface area contributed by atoms with E-state index in [0.717, 1.165) is 5.82 Å². The molecule has 0 radical (unpaired) electrons. The summed E-state index contributed by atoms with van der Waals surface area (Å²) >= 11 is 1.53. The number of aryl methyl sites for hydroxylation is 1. The van der Waals surface area contributed by atoms with E-state index in [1.54, 1.807) is 0 Å². The second-order valence-electron chi connectivity index (χ2n) is 4.56. The summed E-state index contributed by atoms with van der Waals surface area (Å²) in [5.74, 6) is 0.456. The number of thioether (sulfide) groups is 1. The summed E-state index contributed by atoms with van der Waals surface area (Å²) in [5.41, 5.74) is 4.77. The third-order valence-electron chi connectivity index (χ3n) is 2.69. The number of amides is 1. The molecular weight excluding hydrogens is 250 g/mol. The first-order chi connectivity index (χ1) is 8.37. The van der Waals surface area contributed by atoms with Gasteiger partial charge in [-0.15, -0.1) is 5.10 Å². The van der Waals surface area contributed by atoms with Crippen molar-refractivity contribution < 1.29 is 4.79 Å². The minimum Gasteiger partial charge on any atom is -0.368 e. The van der Waals surface area contributed by atoms with Crippen LogP contribution in [0, 0.1) is 6.92 Å². The van der Waals surface area contributed by atoms with Crippen LogP contribution >= 0.6 is 11.8 Å². The van der Waals surface area contributed by atoms with Crippen molar-refractivity contribution in [2.24, 2.45) is 5.73 Å². The third-order valence-corrected chi connectivity index (χ3v) is 3.65. The average molecular weight is 271 g/mol. The van der Waals surface area contributed by atoms with Gasteiger partial charge in [0.1, 0.15) is 5.82 Å². The lowest BCUT2D eigenvalue weighted by Crippen LogP contribution is -2.54. The van der Waals surface area contributed by atoms with Crippen LogP contribution in [0.15, 0.2) is 5.16 Å². The van der Waals surface area contributed by atoms with Crippen molar-refractivity contribution in [3.05, 3.63) is 5.82 Å². The molecule has 0 bridgehead atoms. The average Bonchev–Trinajstić information content (AvgIpc) is 2.63. The van der Waals surface area contributed by atoms with Crippen molar-refractivity contribution in [3.8, 4) is 0 Å². The molecule has 7 heteroatoms. The Morgan fingerprint density at radius 1 is 1.67 bits per heavy atom. The van der Waals surface area contributed by atoms with Crippen molar-refractivity contribution in [2.75, 3.05) is 6.54 Å². The molecule has 1 aromatic rings. The SMILES string of the molecule is CCNC(C)(CC(C)Sc1n[nH]c(C)n1)C(N)=O. The molecule has 0 fully saturated rings. The molecular formula is C11H21N5OS. The predicted octanol–water partition coefficient (Wildman–Crippen LogP) is 0.837. The fourth-order valence-electron chi connectivity index (χ4n) is 1.82. The van der Waals surface area contributed by atoms with Gasteiger partial charge >= 0.3 is 0 Å². The lowest BCUT2D eigenvalue weighted by molar-refractivity contribution is -0.124. The van der Waals surface area contributed by atoms with E-state index in [1.165, 1.54) is 11.8 Å². The molecule has 0 aromatic carbocycles. The van der Waals surface area contributed by atoms with Crippen LogP contribution in [-0.4, -0.2) is 38.4 Å². The first-order valence-electron chi connectivity index (χ1n) is 5.98. The van der Waals surface area contributed by atoms with Crippen molar-refractivity contribution in [1.29, 1.82) is 0 Å². The molecule has 2 atom stereocenters. The van der Waals surface area contributed by atoms with Crippen LogP contribution in [-0.2, 0) is 4.79 Å². The highest BCUT2D eigenvalue weighted by molar-refractivity contribution is 7.99. The van der Waals surface area contributed by atoms with Gasteiger partial charge in [0.05, 0.1) is 5.54 Å². The second kappa shape index (κ2) is 6.19. The van der Waals surface area contributed by atoms with Gasteiger partial charge in [0.2, 0.25) is 11.1 Å². The van der Waals surface area contributed by atoms with E-state index in [0.29, 0.717) is 18.1 Å². The Hall–Kier alpha value is -1.08. The number of nitrogens with zero attached hydrogens (tertiary/aromatic N) is 2. The summed E-state index contributed by atoms with van der Waals surface area (Å²) < 4.78 is 0. The fraction of sp³-hybridized carbons (Fsp3) is 0.727. The minimum atomic E-state index is -0.688. The van der Waals surface area contributed by atoms with Crippen LogP contribution in [0.4, 0.5) is 0 Å². The topological polar surface area (TPSA) is 96.7 Å². The molecule has 4 N–H and O–H groups in total. The standard InChI is InChI=1S/C11H21N5OS/c1-5-13-11(4,9(12)17)6-7(2)18-10-14-8(3)15-16-10/h7,13H,5-6H2,1-4H3,(H2,12,17)(H,14,15,16). The van der Waals surface area contributed by atoms with Crippen LogP contribution in [0.25, 0.3) is 0 Å². The molecule has 102 valence electrons. The van der Waals surface area contributed by atoms with E-state index in [9.17, 15) is 4.79 Å². The zero-order valence-electron chi connectivity index (χ0n) is 11.3. The Kier molecular flexibility index (Phi) is 5.15. The van der Waals surface area contributed by atoms with E-state index in [1.807, 2.05) is 27.7 Å². The molecule has 1 aromatic heterocycles. The maximum Gasteiger partial charge on any atom is 0.237 e. The Morgan fingerprint density at radius 2 is 2.33 bits per heavy atom. The molecule has 0 aliphatic carbocycles. The number of rotatable bonds is 7. The Bertz CT molecular complexity index is 408. The molecule has 0 aliphatic rings. The maximum atomic E-state index is 11.5. The van der Waals surface area contributed by atoms with Gasteiger partial charge in [-0.3, -0.25) is 9.89 Å². The van der Waals surface area contributed by atoms with Crippen LogP contribution in [0.1, 0.15) is 33.0 Å². The number of primary amides is 1. The summed E-state index contributed by atoms with van der Waals surface area (Å²) in [4.78, 5) is 15.7. The summed E-state index contributed by atoms with van der Waals surface area (Å²) in [6.45, 7) is 8.39. The van der Waals surface area contributed by atoms with Crippen molar-refractivity contribution in [1.82, 2.24) is 20.5 Å². The Morgan fingerprint density at radius 3 is 2.78 bits per heavy atom. The van der Waals surface area contributed by atoms with Gasteiger partial charge < -0.3 is 11.1 Å². The maximum absolute atomic E-state index is 11.5. The van der Waals surface area contributed by atoms with Gasteiger partial charge in [-0.25, -0.2) is 4.98 Å². The lowest BCUT2D eigenvalue weighted by atomic mass is 9.95. The first-order valence-corrected chi connectivity index (χ1v) is 6.86. The first kappa shape index (κ1) is 15.0. The van der Waals surface area contributed by atoms with E-state index >= 15 is 0 Å².